The lowest BCUT2D eigenvalue weighted by Gasteiger charge is -1.97. The van der Waals surface area contributed by atoms with Gasteiger partial charge >= 0.3 is 0 Å². The van der Waals surface area contributed by atoms with Crippen molar-refractivity contribution in [1.29, 1.82) is 0 Å². The highest BCUT2D eigenvalue weighted by molar-refractivity contribution is 8.93. The Morgan fingerprint density at radius 1 is 1.10 bits per heavy atom. The lowest BCUT2D eigenvalue weighted by Crippen LogP contribution is -1.88. The van der Waals surface area contributed by atoms with E-state index in [1.165, 1.54) is 23.5 Å². The molecule has 2 heterocycles. The molecule has 0 bridgehead atoms. The van der Waals surface area contributed by atoms with Crippen molar-refractivity contribution in [3.63, 3.8) is 0 Å². The highest BCUT2D eigenvalue weighted by Gasteiger charge is 2.10. The van der Waals surface area contributed by atoms with Gasteiger partial charge < -0.3 is 0 Å². The number of thiazole rings is 1. The molecule has 0 aliphatic heterocycles. The predicted molar refractivity (Wildman–Crippen MR) is 87.8 cm³/mol. The zero-order valence-electron chi connectivity index (χ0n) is 10.7. The molecule has 0 aliphatic carbocycles. The molecule has 0 amide bonds. The summed E-state index contributed by atoms with van der Waals surface area (Å²) in [7, 11) is 0. The highest BCUT2D eigenvalue weighted by atomic mass is 79.9. The Balaban J connectivity index is 0.00000161. The monoisotopic (exact) mass is 363 g/mol. The summed E-state index contributed by atoms with van der Waals surface area (Å²) in [4.78, 5) is 18.9. The lowest BCUT2D eigenvalue weighted by atomic mass is 10.1. The second-order valence-electron chi connectivity index (χ2n) is 4.08. The van der Waals surface area contributed by atoms with Crippen molar-refractivity contribution in [2.45, 2.75) is 0 Å². The van der Waals surface area contributed by atoms with Gasteiger partial charge in [-0.05, 0) is 12.1 Å². The number of nitrogens with zero attached hydrogens (tertiary/aromatic N) is 3. The van der Waals surface area contributed by atoms with Gasteiger partial charge in [-0.15, -0.1) is 28.3 Å². The molecule has 0 radical (unpaired) electrons. The fraction of sp³-hybridized carbons (Fsp3) is 0. The van der Waals surface area contributed by atoms with Crippen LogP contribution in [0.15, 0.2) is 54.2 Å². The molecule has 0 aliphatic rings. The van der Waals surface area contributed by atoms with Crippen molar-refractivity contribution in [2.75, 3.05) is 0 Å². The molecule has 0 N–H and O–H groups in total. The van der Waals surface area contributed by atoms with Crippen LogP contribution in [0, 0.1) is 10.1 Å². The van der Waals surface area contributed by atoms with Gasteiger partial charge in [-0.3, -0.25) is 15.1 Å². The van der Waals surface area contributed by atoms with E-state index < -0.39 is 4.92 Å². The number of non-ortho nitro benzene ring substituents is 1. The van der Waals surface area contributed by atoms with Crippen LogP contribution in [-0.4, -0.2) is 14.9 Å². The third-order valence-electron chi connectivity index (χ3n) is 2.78. The minimum atomic E-state index is -0.403. The fourth-order valence-corrected chi connectivity index (χ4v) is 2.65. The number of nitro benzene ring substituents is 1. The summed E-state index contributed by atoms with van der Waals surface area (Å²) in [5, 5.41) is 13.6. The van der Waals surface area contributed by atoms with Gasteiger partial charge in [0.15, 0.2) is 0 Å². The normalized spacial score (nSPS) is 9.90. The first-order valence-corrected chi connectivity index (χ1v) is 6.73. The maximum absolute atomic E-state index is 10.8. The number of hydrogen-bond acceptors (Lipinski definition) is 5. The standard InChI is InChI=1S/C14H9N3O2S.BrH/c18-17(19)12-3-1-2-11(8-12)13-9-20-14(16-13)10-4-6-15-7-5-10;/h1-9H;1H. The first-order chi connectivity index (χ1) is 9.74. The van der Waals surface area contributed by atoms with Crippen LogP contribution >= 0.6 is 28.3 Å². The van der Waals surface area contributed by atoms with Gasteiger partial charge in [0.1, 0.15) is 5.01 Å². The van der Waals surface area contributed by atoms with Gasteiger partial charge in [0, 0.05) is 41.0 Å². The largest absolute Gasteiger partial charge is 0.270 e. The van der Waals surface area contributed by atoms with E-state index in [1.54, 1.807) is 18.5 Å². The first kappa shape index (κ1) is 15.3. The van der Waals surface area contributed by atoms with E-state index in [9.17, 15) is 10.1 Å². The van der Waals surface area contributed by atoms with Crippen molar-refractivity contribution < 1.29 is 4.92 Å². The van der Waals surface area contributed by atoms with E-state index in [-0.39, 0.29) is 22.7 Å². The summed E-state index contributed by atoms with van der Waals surface area (Å²) < 4.78 is 0. The zero-order valence-corrected chi connectivity index (χ0v) is 13.2. The van der Waals surface area contributed by atoms with Crippen LogP contribution in [0.5, 0.6) is 0 Å². The molecule has 3 rings (SSSR count). The lowest BCUT2D eigenvalue weighted by molar-refractivity contribution is -0.384. The van der Waals surface area contributed by atoms with E-state index in [2.05, 4.69) is 9.97 Å². The summed E-state index contributed by atoms with van der Waals surface area (Å²) in [5.41, 5.74) is 2.55. The van der Waals surface area contributed by atoms with Crippen LogP contribution in [0.25, 0.3) is 21.8 Å². The SMILES string of the molecule is Br.O=[N+]([O-])c1cccc(-c2csc(-c3ccncc3)n2)c1. The Morgan fingerprint density at radius 2 is 1.86 bits per heavy atom. The Labute approximate surface area is 135 Å². The number of hydrogen-bond donors (Lipinski definition) is 0. The molecule has 0 saturated heterocycles. The third-order valence-corrected chi connectivity index (χ3v) is 3.68. The van der Waals surface area contributed by atoms with Crippen LogP contribution in [0.2, 0.25) is 0 Å². The Kier molecular flexibility index (Phi) is 4.77. The maximum atomic E-state index is 10.8. The Hall–Kier alpha value is -2.12. The molecule has 21 heavy (non-hydrogen) atoms. The van der Waals surface area contributed by atoms with Gasteiger partial charge in [0.05, 0.1) is 10.6 Å². The van der Waals surface area contributed by atoms with Crippen LogP contribution in [0.3, 0.4) is 0 Å². The van der Waals surface area contributed by atoms with Crippen LogP contribution in [0.1, 0.15) is 0 Å². The van der Waals surface area contributed by atoms with Crippen molar-refractivity contribution in [3.8, 4) is 21.8 Å². The molecule has 1 aromatic carbocycles. The zero-order chi connectivity index (χ0) is 13.9. The molecule has 0 unspecified atom stereocenters. The predicted octanol–water partition coefficient (Wildman–Crippen LogP) is 4.36. The van der Waals surface area contributed by atoms with Gasteiger partial charge in [0.2, 0.25) is 0 Å². The van der Waals surface area contributed by atoms with E-state index in [4.69, 9.17) is 0 Å². The topological polar surface area (TPSA) is 68.9 Å². The minimum Gasteiger partial charge on any atom is -0.265 e. The van der Waals surface area contributed by atoms with E-state index in [0.717, 1.165) is 21.8 Å². The summed E-state index contributed by atoms with van der Waals surface area (Å²) in [6, 6.07) is 10.3. The molecule has 0 atom stereocenters. The van der Waals surface area contributed by atoms with Crippen LogP contribution < -0.4 is 0 Å². The van der Waals surface area contributed by atoms with E-state index in [1.807, 2.05) is 23.6 Å². The third kappa shape index (κ3) is 3.32. The van der Waals surface area contributed by atoms with Crippen molar-refractivity contribution >= 4 is 34.0 Å². The molecule has 3 aromatic rings. The van der Waals surface area contributed by atoms with Gasteiger partial charge in [-0.25, -0.2) is 4.98 Å². The molecule has 0 saturated carbocycles. The minimum absolute atomic E-state index is 0. The fourth-order valence-electron chi connectivity index (χ4n) is 1.81. The summed E-state index contributed by atoms with van der Waals surface area (Å²) >= 11 is 1.50. The van der Waals surface area contributed by atoms with Gasteiger partial charge in [-0.2, -0.15) is 0 Å². The molecule has 106 valence electrons. The van der Waals surface area contributed by atoms with Crippen LogP contribution in [-0.2, 0) is 0 Å². The van der Waals surface area contributed by atoms with Crippen molar-refractivity contribution in [2.24, 2.45) is 0 Å². The number of benzene rings is 1. The van der Waals surface area contributed by atoms with Crippen LogP contribution in [0.4, 0.5) is 5.69 Å². The molecular weight excluding hydrogens is 354 g/mol. The number of nitro groups is 1. The second kappa shape index (κ2) is 6.55. The Bertz CT molecular complexity index is 762. The van der Waals surface area contributed by atoms with Gasteiger partial charge in [-0.1, -0.05) is 12.1 Å². The van der Waals surface area contributed by atoms with Crippen molar-refractivity contribution in [1.82, 2.24) is 9.97 Å². The Morgan fingerprint density at radius 3 is 2.57 bits per heavy atom. The molecule has 5 nitrogen and oxygen atoms in total. The summed E-state index contributed by atoms with van der Waals surface area (Å²) in [5.74, 6) is 0. The number of pyridine rings is 1. The molecule has 2 aromatic heterocycles. The van der Waals surface area contributed by atoms with E-state index >= 15 is 0 Å². The van der Waals surface area contributed by atoms with Gasteiger partial charge in [0.25, 0.3) is 5.69 Å². The highest BCUT2D eigenvalue weighted by Crippen LogP contribution is 2.29. The van der Waals surface area contributed by atoms with E-state index in [0.29, 0.717) is 0 Å². The first-order valence-electron chi connectivity index (χ1n) is 5.85. The second-order valence-corrected chi connectivity index (χ2v) is 4.94. The van der Waals surface area contributed by atoms with Crippen molar-refractivity contribution in [3.05, 3.63) is 64.3 Å². The molecule has 0 fully saturated rings. The summed E-state index contributed by atoms with van der Waals surface area (Å²) in [6.45, 7) is 0. The molecular formula is C14H10BrN3O2S. The average Bonchev–Trinajstić information content (AvgIpc) is 2.98. The summed E-state index contributed by atoms with van der Waals surface area (Å²) in [6.07, 6.45) is 3.42. The number of halogens is 1. The molecule has 7 heteroatoms. The quantitative estimate of drug-likeness (QED) is 0.512. The average molecular weight is 364 g/mol. The smallest absolute Gasteiger partial charge is 0.265 e. The number of aromatic nitrogens is 2. The number of rotatable bonds is 3. The maximum Gasteiger partial charge on any atom is 0.270 e. The molecule has 0 spiro atoms.